The summed E-state index contributed by atoms with van der Waals surface area (Å²) in [6.45, 7) is 1.57. The Morgan fingerprint density at radius 1 is 1.11 bits per heavy atom. The second-order valence-corrected chi connectivity index (χ2v) is 7.81. The molecule has 1 atom stereocenters. The lowest BCUT2D eigenvalue weighted by atomic mass is 9.93. The molecule has 2 aromatic carbocycles. The molecule has 2 fully saturated rings. The molecule has 0 radical (unpaired) electrons. The highest BCUT2D eigenvalue weighted by atomic mass is 16.5. The molecule has 0 N–H and O–H groups in total. The van der Waals surface area contributed by atoms with Crippen LogP contribution in [0.15, 0.2) is 47.0 Å². The Labute approximate surface area is 158 Å². The van der Waals surface area contributed by atoms with Gasteiger partial charge in [-0.15, -0.1) is 0 Å². The van der Waals surface area contributed by atoms with E-state index >= 15 is 0 Å². The largest absolute Gasteiger partial charge is 0.339 e. The van der Waals surface area contributed by atoms with E-state index in [1.54, 1.807) is 0 Å². The average molecular weight is 361 g/mol. The molecule has 2 aliphatic rings. The van der Waals surface area contributed by atoms with E-state index in [9.17, 15) is 4.79 Å². The Hall–Kier alpha value is -2.69. The van der Waals surface area contributed by atoms with Crippen molar-refractivity contribution in [2.75, 3.05) is 13.1 Å². The first kappa shape index (κ1) is 16.5. The summed E-state index contributed by atoms with van der Waals surface area (Å²) >= 11 is 0. The molecular weight excluding hydrogens is 338 g/mol. The molecule has 3 aromatic rings. The number of hydrogen-bond donors (Lipinski definition) is 0. The average Bonchev–Trinajstić information content (AvgIpc) is 3.47. The quantitative estimate of drug-likeness (QED) is 0.699. The van der Waals surface area contributed by atoms with Crippen LogP contribution >= 0.6 is 0 Å². The van der Waals surface area contributed by atoms with Crippen LogP contribution in [-0.4, -0.2) is 34.0 Å². The second-order valence-electron chi connectivity index (χ2n) is 7.81. The molecule has 5 rings (SSSR count). The van der Waals surface area contributed by atoms with Gasteiger partial charge in [0.05, 0.1) is 0 Å². The lowest BCUT2D eigenvalue weighted by molar-refractivity contribution is 0.0670. The molecule has 1 aromatic heterocycles. The third kappa shape index (κ3) is 3.34. The third-order valence-corrected chi connectivity index (χ3v) is 5.72. The minimum Gasteiger partial charge on any atom is -0.339 e. The van der Waals surface area contributed by atoms with Gasteiger partial charge in [0.1, 0.15) is 0 Å². The lowest BCUT2D eigenvalue weighted by Gasteiger charge is -2.32. The normalized spacial score (nSPS) is 20.1. The molecule has 1 amide bonds. The predicted molar refractivity (Wildman–Crippen MR) is 103 cm³/mol. The number of carbonyl (C=O) groups is 1. The molecule has 138 valence electrons. The van der Waals surface area contributed by atoms with Crippen LogP contribution in [0.2, 0.25) is 0 Å². The van der Waals surface area contributed by atoms with Gasteiger partial charge in [-0.1, -0.05) is 41.6 Å². The van der Waals surface area contributed by atoms with Gasteiger partial charge in [-0.3, -0.25) is 4.79 Å². The molecule has 1 unspecified atom stereocenters. The van der Waals surface area contributed by atoms with E-state index in [2.05, 4.69) is 22.3 Å². The summed E-state index contributed by atoms with van der Waals surface area (Å²) < 4.78 is 5.44. The van der Waals surface area contributed by atoms with Gasteiger partial charge in [-0.2, -0.15) is 4.98 Å². The molecule has 1 saturated heterocycles. The van der Waals surface area contributed by atoms with E-state index in [-0.39, 0.29) is 5.91 Å². The van der Waals surface area contributed by atoms with Crippen molar-refractivity contribution in [1.29, 1.82) is 0 Å². The number of amides is 1. The maximum atomic E-state index is 13.2. The standard InChI is InChI=1S/C22H23N3O2/c26-22(19-9-3-7-16-6-1-2-8-18(16)19)25-12-4-5-15(14-25)13-20-23-21(24-27-20)17-10-11-17/h1-3,6-9,15,17H,4-5,10-14H2. The van der Waals surface area contributed by atoms with Crippen molar-refractivity contribution in [3.8, 4) is 0 Å². The zero-order valence-electron chi connectivity index (χ0n) is 15.3. The summed E-state index contributed by atoms with van der Waals surface area (Å²) in [5, 5.41) is 6.25. The SMILES string of the molecule is O=C(c1cccc2ccccc12)N1CCCC(Cc2nc(C3CC3)no2)C1. The van der Waals surface area contributed by atoms with E-state index in [1.165, 1.54) is 12.8 Å². The number of fused-ring (bicyclic) bond motifs is 1. The topological polar surface area (TPSA) is 59.2 Å². The fourth-order valence-corrected chi connectivity index (χ4v) is 4.10. The maximum Gasteiger partial charge on any atom is 0.254 e. The van der Waals surface area contributed by atoms with Crippen LogP contribution in [0.1, 0.15) is 53.7 Å². The minimum atomic E-state index is 0.126. The highest BCUT2D eigenvalue weighted by Gasteiger charge is 2.30. The monoisotopic (exact) mass is 361 g/mol. The van der Waals surface area contributed by atoms with Gasteiger partial charge in [-0.05, 0) is 48.4 Å². The van der Waals surface area contributed by atoms with Crippen LogP contribution in [0.5, 0.6) is 0 Å². The molecule has 0 bridgehead atoms. The molecule has 5 heteroatoms. The third-order valence-electron chi connectivity index (χ3n) is 5.72. The number of aromatic nitrogens is 2. The Morgan fingerprint density at radius 3 is 2.85 bits per heavy atom. The van der Waals surface area contributed by atoms with Crippen LogP contribution in [0, 0.1) is 5.92 Å². The number of rotatable bonds is 4. The van der Waals surface area contributed by atoms with Gasteiger partial charge >= 0.3 is 0 Å². The number of likely N-dealkylation sites (tertiary alicyclic amines) is 1. The summed E-state index contributed by atoms with van der Waals surface area (Å²) in [5.41, 5.74) is 0.794. The zero-order valence-corrected chi connectivity index (χ0v) is 15.3. The summed E-state index contributed by atoms with van der Waals surface area (Å²) in [6.07, 6.45) is 5.23. The molecule has 5 nitrogen and oxygen atoms in total. The van der Waals surface area contributed by atoms with Crippen molar-refractivity contribution in [2.45, 2.75) is 38.0 Å². The summed E-state index contributed by atoms with van der Waals surface area (Å²) in [5.74, 6) is 2.61. The smallest absolute Gasteiger partial charge is 0.254 e. The minimum absolute atomic E-state index is 0.126. The zero-order chi connectivity index (χ0) is 18.2. The van der Waals surface area contributed by atoms with Crippen molar-refractivity contribution in [3.05, 3.63) is 59.7 Å². The van der Waals surface area contributed by atoms with Gasteiger partial charge in [0.2, 0.25) is 5.89 Å². The van der Waals surface area contributed by atoms with Crippen LogP contribution < -0.4 is 0 Å². The molecule has 2 heterocycles. The van der Waals surface area contributed by atoms with Crippen LogP contribution in [0.3, 0.4) is 0 Å². The highest BCUT2D eigenvalue weighted by Crippen LogP contribution is 2.38. The van der Waals surface area contributed by atoms with Gasteiger partial charge < -0.3 is 9.42 Å². The van der Waals surface area contributed by atoms with E-state index in [1.807, 2.05) is 35.2 Å². The number of piperidine rings is 1. The molecule has 1 aliphatic heterocycles. The highest BCUT2D eigenvalue weighted by molar-refractivity contribution is 6.07. The van der Waals surface area contributed by atoms with E-state index in [0.717, 1.165) is 60.4 Å². The van der Waals surface area contributed by atoms with Gasteiger partial charge in [-0.25, -0.2) is 0 Å². The first-order valence-corrected chi connectivity index (χ1v) is 9.87. The molecule has 1 aliphatic carbocycles. The van der Waals surface area contributed by atoms with Gasteiger partial charge in [0.15, 0.2) is 5.82 Å². The van der Waals surface area contributed by atoms with Gasteiger partial charge in [0, 0.05) is 31.0 Å². The Morgan fingerprint density at radius 2 is 1.96 bits per heavy atom. The van der Waals surface area contributed by atoms with Crippen LogP contribution in [-0.2, 0) is 6.42 Å². The number of hydrogen-bond acceptors (Lipinski definition) is 4. The molecule has 27 heavy (non-hydrogen) atoms. The first-order valence-electron chi connectivity index (χ1n) is 9.87. The predicted octanol–water partition coefficient (Wildman–Crippen LogP) is 4.20. The van der Waals surface area contributed by atoms with Crippen LogP contribution in [0.4, 0.5) is 0 Å². The van der Waals surface area contributed by atoms with E-state index in [0.29, 0.717) is 11.8 Å². The van der Waals surface area contributed by atoms with Crippen molar-refractivity contribution in [3.63, 3.8) is 0 Å². The Balaban J connectivity index is 1.31. The number of nitrogens with zero attached hydrogens (tertiary/aromatic N) is 3. The second kappa shape index (κ2) is 6.80. The van der Waals surface area contributed by atoms with Crippen molar-refractivity contribution < 1.29 is 9.32 Å². The first-order chi connectivity index (χ1) is 13.3. The van der Waals surface area contributed by atoms with Crippen molar-refractivity contribution >= 4 is 16.7 Å². The Bertz CT molecular complexity index is 971. The van der Waals surface area contributed by atoms with E-state index in [4.69, 9.17) is 4.52 Å². The molecule has 1 saturated carbocycles. The van der Waals surface area contributed by atoms with Crippen LogP contribution in [0.25, 0.3) is 10.8 Å². The fourth-order valence-electron chi connectivity index (χ4n) is 4.10. The summed E-state index contributed by atoms with van der Waals surface area (Å²) in [4.78, 5) is 19.7. The van der Waals surface area contributed by atoms with Crippen molar-refractivity contribution in [1.82, 2.24) is 15.0 Å². The Kier molecular flexibility index (Phi) is 4.15. The van der Waals surface area contributed by atoms with Crippen molar-refractivity contribution in [2.24, 2.45) is 5.92 Å². The summed E-state index contributed by atoms with van der Waals surface area (Å²) in [6, 6.07) is 14.0. The maximum absolute atomic E-state index is 13.2. The molecular formula is C22H23N3O2. The number of benzene rings is 2. The fraction of sp³-hybridized carbons (Fsp3) is 0.409. The van der Waals surface area contributed by atoms with E-state index < -0.39 is 0 Å². The summed E-state index contributed by atoms with van der Waals surface area (Å²) in [7, 11) is 0. The lowest BCUT2D eigenvalue weighted by Crippen LogP contribution is -2.40. The van der Waals surface area contributed by atoms with Gasteiger partial charge in [0.25, 0.3) is 5.91 Å². The number of carbonyl (C=O) groups excluding carboxylic acids is 1. The molecule has 0 spiro atoms.